The van der Waals surface area contributed by atoms with Gasteiger partial charge in [0.15, 0.2) is 0 Å². The number of allylic oxidation sites excluding steroid dienone is 1. The first-order valence-electron chi connectivity index (χ1n) is 2.58. The predicted molar refractivity (Wildman–Crippen MR) is 35.8 cm³/mol. The van der Waals surface area contributed by atoms with Gasteiger partial charge < -0.3 is 9.07 Å². The van der Waals surface area contributed by atoms with Crippen LogP contribution in [0.15, 0.2) is 12.7 Å². The van der Waals surface area contributed by atoms with Crippen LogP contribution in [0, 0.1) is 0 Å². The molecule has 7 heavy (non-hydrogen) atoms. The molecular weight excluding hydrogens is 120 g/mol. The summed E-state index contributed by atoms with van der Waals surface area (Å²) in [6.45, 7) is 3.60. The van der Waals surface area contributed by atoms with Crippen LogP contribution in [0.1, 0.15) is 12.8 Å². The van der Waals surface area contributed by atoms with Crippen molar-refractivity contribution in [1.82, 2.24) is 0 Å². The van der Waals surface area contributed by atoms with Gasteiger partial charge in [-0.25, -0.2) is 0 Å². The van der Waals surface area contributed by atoms with Crippen molar-refractivity contribution in [3.05, 3.63) is 12.7 Å². The molecule has 0 radical (unpaired) electrons. The van der Waals surface area contributed by atoms with E-state index in [1.165, 1.54) is 11.0 Å². The molecular formula is C5H9ClMg. The zero-order valence-electron chi connectivity index (χ0n) is 4.49. The zero-order valence-corrected chi connectivity index (χ0v) is 6.66. The summed E-state index contributed by atoms with van der Waals surface area (Å²) in [6, 6.07) is 0. The molecule has 0 N–H and O–H groups in total. The molecule has 0 nitrogen and oxygen atoms in total. The SMILES string of the molecule is C=CCC[CH2][Mg][Cl]. The molecule has 0 aromatic rings. The highest BCUT2D eigenvalue weighted by Gasteiger charge is 1.86. The fourth-order valence-corrected chi connectivity index (χ4v) is 1.43. The highest BCUT2D eigenvalue weighted by atomic mass is 35.5. The molecule has 0 spiro atoms. The van der Waals surface area contributed by atoms with Crippen LogP contribution in [0.3, 0.4) is 0 Å². The molecule has 0 aromatic heterocycles. The van der Waals surface area contributed by atoms with E-state index in [0.717, 1.165) is 6.42 Å². The Labute approximate surface area is 58.4 Å². The van der Waals surface area contributed by atoms with Gasteiger partial charge in [-0.15, -0.1) is 11.1 Å². The van der Waals surface area contributed by atoms with Crippen molar-refractivity contribution in [3.8, 4) is 0 Å². The van der Waals surface area contributed by atoms with Crippen LogP contribution < -0.4 is 0 Å². The maximum atomic E-state index is 5.54. The van der Waals surface area contributed by atoms with Crippen molar-refractivity contribution in [1.29, 1.82) is 0 Å². The Morgan fingerprint density at radius 2 is 2.43 bits per heavy atom. The Bertz CT molecular complexity index is 45.3. The highest BCUT2D eigenvalue weighted by molar-refractivity contribution is 6.93. The van der Waals surface area contributed by atoms with Gasteiger partial charge in [-0.05, 0) is 6.42 Å². The first-order chi connectivity index (χ1) is 3.41. The Morgan fingerprint density at radius 3 is 2.86 bits per heavy atom. The normalized spacial score (nSPS) is 7.57. The highest BCUT2D eigenvalue weighted by Crippen LogP contribution is 1.95. The van der Waals surface area contributed by atoms with Crippen LogP contribution in [-0.4, -0.2) is 19.3 Å². The number of unbranched alkanes of at least 4 members (excludes halogenated alkanes) is 1. The molecule has 0 aliphatic carbocycles. The molecule has 0 aromatic carbocycles. The lowest BCUT2D eigenvalue weighted by atomic mass is 10.3. The molecule has 0 amide bonds. The fourth-order valence-electron chi connectivity index (χ4n) is 0.383. The first kappa shape index (κ1) is 7.80. The van der Waals surface area contributed by atoms with Crippen LogP contribution in [-0.2, 0) is 0 Å². The Hall–Kier alpha value is 0.796. The van der Waals surface area contributed by atoms with Crippen LogP contribution >= 0.6 is 9.07 Å². The third kappa shape index (κ3) is 6.80. The summed E-state index contributed by atoms with van der Waals surface area (Å²) in [6.07, 6.45) is 4.33. The van der Waals surface area contributed by atoms with Gasteiger partial charge in [0.25, 0.3) is 0 Å². The van der Waals surface area contributed by atoms with Gasteiger partial charge in [-0.1, -0.05) is 12.5 Å². The van der Waals surface area contributed by atoms with Crippen LogP contribution in [0.4, 0.5) is 0 Å². The standard InChI is InChI=1S/C5H9.ClH.Mg/c1-3-5-4-2;;/h3H,1-2,4-5H2;1H;/q;;+1/p-1. The van der Waals surface area contributed by atoms with Gasteiger partial charge >= 0.3 is 19.3 Å². The van der Waals surface area contributed by atoms with Crippen molar-refractivity contribution < 1.29 is 0 Å². The van der Waals surface area contributed by atoms with Crippen LogP contribution in [0.25, 0.3) is 0 Å². The molecule has 0 unspecified atom stereocenters. The van der Waals surface area contributed by atoms with Crippen molar-refractivity contribution in [2.24, 2.45) is 0 Å². The topological polar surface area (TPSA) is 0 Å². The number of hydrogen-bond acceptors (Lipinski definition) is 0. The summed E-state index contributed by atoms with van der Waals surface area (Å²) in [5, 5.41) is 0. The summed E-state index contributed by atoms with van der Waals surface area (Å²) in [5.74, 6) is 0. The molecule has 0 aliphatic heterocycles. The van der Waals surface area contributed by atoms with Crippen molar-refractivity contribution in [2.45, 2.75) is 17.4 Å². The second-order valence-corrected chi connectivity index (χ2v) is 3.69. The van der Waals surface area contributed by atoms with Gasteiger partial charge in [-0.2, -0.15) is 0 Å². The average molecular weight is 129 g/mol. The molecule has 2 heteroatoms. The van der Waals surface area contributed by atoms with E-state index in [0.29, 0.717) is 0 Å². The van der Waals surface area contributed by atoms with Crippen LogP contribution in [0.5, 0.6) is 0 Å². The van der Waals surface area contributed by atoms with Gasteiger partial charge in [-0.3, -0.25) is 0 Å². The van der Waals surface area contributed by atoms with Gasteiger partial charge in [0.05, 0.1) is 0 Å². The predicted octanol–water partition coefficient (Wildman–Crippen LogP) is 2.23. The molecule has 0 rings (SSSR count). The van der Waals surface area contributed by atoms with Crippen molar-refractivity contribution in [2.75, 3.05) is 0 Å². The van der Waals surface area contributed by atoms with Crippen LogP contribution in [0.2, 0.25) is 4.55 Å². The van der Waals surface area contributed by atoms with E-state index in [1.54, 1.807) is 0 Å². The summed E-state index contributed by atoms with van der Waals surface area (Å²) in [4.78, 5) is 0. The smallest absolute Gasteiger partial charge is 0.346 e. The van der Waals surface area contributed by atoms with Gasteiger partial charge in [0.1, 0.15) is 0 Å². The molecule has 0 heterocycles. The molecule has 0 atom stereocenters. The molecule has 0 saturated heterocycles. The van der Waals surface area contributed by atoms with E-state index < -0.39 is 0 Å². The van der Waals surface area contributed by atoms with E-state index in [4.69, 9.17) is 9.07 Å². The molecule has 0 fully saturated rings. The maximum Gasteiger partial charge on any atom is 0.501 e. The van der Waals surface area contributed by atoms with Gasteiger partial charge in [0, 0.05) is 0 Å². The molecule has 38 valence electrons. The third-order valence-electron chi connectivity index (χ3n) is 0.792. The summed E-state index contributed by atoms with van der Waals surface area (Å²) in [5.41, 5.74) is 0. The average Bonchev–Trinajstić information content (AvgIpc) is 1.69. The Kier molecular flexibility index (Phi) is 7.57. The van der Waals surface area contributed by atoms with E-state index in [9.17, 15) is 0 Å². The number of rotatable bonds is 4. The van der Waals surface area contributed by atoms with Crippen molar-refractivity contribution in [3.63, 3.8) is 0 Å². The summed E-state index contributed by atoms with van der Waals surface area (Å²) < 4.78 is 1.26. The molecule has 0 saturated carbocycles. The lowest BCUT2D eigenvalue weighted by Gasteiger charge is -1.84. The molecule has 0 bridgehead atoms. The summed E-state index contributed by atoms with van der Waals surface area (Å²) >= 11 is -0.182. The quantitative estimate of drug-likeness (QED) is 0.310. The molecule has 0 aliphatic rings. The number of hydrogen-bond donors (Lipinski definition) is 0. The van der Waals surface area contributed by atoms with E-state index >= 15 is 0 Å². The lowest BCUT2D eigenvalue weighted by molar-refractivity contribution is 0.956. The summed E-state index contributed by atoms with van der Waals surface area (Å²) in [7, 11) is 5.54. The Morgan fingerprint density at radius 1 is 1.71 bits per heavy atom. The maximum absolute atomic E-state index is 5.54. The van der Waals surface area contributed by atoms with E-state index in [1.807, 2.05) is 6.08 Å². The zero-order chi connectivity index (χ0) is 5.54. The lowest BCUT2D eigenvalue weighted by Crippen LogP contribution is -1.74. The largest absolute Gasteiger partial charge is 0.501 e. The Balaban J connectivity index is 2.56. The van der Waals surface area contributed by atoms with E-state index in [-0.39, 0.29) is 19.3 Å². The van der Waals surface area contributed by atoms with E-state index in [2.05, 4.69) is 6.58 Å². The fraction of sp³-hybridized carbons (Fsp3) is 0.600. The number of halogens is 1. The second-order valence-electron chi connectivity index (χ2n) is 1.47. The third-order valence-corrected chi connectivity index (χ3v) is 2.36. The van der Waals surface area contributed by atoms with Gasteiger partial charge in [0.2, 0.25) is 0 Å². The minimum absolute atomic E-state index is 0.182. The monoisotopic (exact) mass is 128 g/mol. The minimum Gasteiger partial charge on any atom is -0.346 e. The first-order valence-corrected chi connectivity index (χ1v) is 5.72. The minimum atomic E-state index is -0.182. The second kappa shape index (κ2) is 6.80. The van der Waals surface area contributed by atoms with Crippen molar-refractivity contribution >= 4 is 28.3 Å².